The fourth-order valence-corrected chi connectivity index (χ4v) is 1.75. The van der Waals surface area contributed by atoms with Crippen LogP contribution in [0.3, 0.4) is 0 Å². The summed E-state index contributed by atoms with van der Waals surface area (Å²) in [4.78, 5) is 10.7. The van der Waals surface area contributed by atoms with Crippen LogP contribution in [-0.2, 0) is 0 Å². The van der Waals surface area contributed by atoms with Gasteiger partial charge in [-0.3, -0.25) is 0 Å². The minimum Gasteiger partial charge on any atom is -0.477 e. The largest absolute Gasteiger partial charge is 0.477 e. The van der Waals surface area contributed by atoms with Crippen molar-refractivity contribution in [1.82, 2.24) is 14.9 Å². The quantitative estimate of drug-likeness (QED) is 0.578. The molecule has 0 atom stereocenters. The van der Waals surface area contributed by atoms with Gasteiger partial charge in [-0.15, -0.1) is 0 Å². The van der Waals surface area contributed by atoms with Gasteiger partial charge in [0.2, 0.25) is 5.88 Å². The van der Waals surface area contributed by atoms with Gasteiger partial charge >= 0.3 is 0 Å². The first kappa shape index (κ1) is 12.6. The third-order valence-electron chi connectivity index (χ3n) is 2.63. The first-order valence-electron chi connectivity index (χ1n) is 5.97. The van der Waals surface area contributed by atoms with Crippen LogP contribution in [0.25, 0.3) is 0 Å². The number of rotatable bonds is 6. The summed E-state index contributed by atoms with van der Waals surface area (Å²) in [7, 11) is 4.10. The van der Waals surface area contributed by atoms with E-state index in [1.54, 1.807) is 6.07 Å². The molecule has 0 radical (unpaired) electrons. The van der Waals surface area contributed by atoms with Gasteiger partial charge in [-0.1, -0.05) is 11.6 Å². The van der Waals surface area contributed by atoms with Gasteiger partial charge in [-0.25, -0.2) is 4.98 Å². The van der Waals surface area contributed by atoms with E-state index in [9.17, 15) is 0 Å². The van der Waals surface area contributed by atoms with Gasteiger partial charge < -0.3 is 9.64 Å². The Hall–Kier alpha value is -0.870. The van der Waals surface area contributed by atoms with Gasteiger partial charge in [0.05, 0.1) is 6.61 Å². The van der Waals surface area contributed by atoms with E-state index >= 15 is 0 Å². The lowest BCUT2D eigenvalue weighted by Gasteiger charge is -2.10. The fourth-order valence-electron chi connectivity index (χ4n) is 1.57. The molecule has 0 aromatic carbocycles. The highest BCUT2D eigenvalue weighted by Gasteiger charge is 2.27. The van der Waals surface area contributed by atoms with E-state index in [4.69, 9.17) is 16.3 Å². The van der Waals surface area contributed by atoms with Crippen molar-refractivity contribution >= 4 is 11.6 Å². The zero-order valence-electron chi connectivity index (χ0n) is 10.3. The summed E-state index contributed by atoms with van der Waals surface area (Å²) in [6, 6.07) is 1.68. The molecular formula is C12H18ClN3O. The summed E-state index contributed by atoms with van der Waals surface area (Å²) in [6.07, 6.45) is 3.31. The Bertz CT molecular complexity index is 380. The molecule has 0 aliphatic heterocycles. The predicted octanol–water partition coefficient (Wildman–Crippen LogP) is 2.34. The molecule has 0 bridgehead atoms. The smallest absolute Gasteiger partial charge is 0.218 e. The van der Waals surface area contributed by atoms with Crippen molar-refractivity contribution in [3.05, 3.63) is 17.0 Å². The van der Waals surface area contributed by atoms with Crippen molar-refractivity contribution in [2.24, 2.45) is 0 Å². The molecule has 0 N–H and O–H groups in total. The number of halogens is 1. The Morgan fingerprint density at radius 3 is 2.82 bits per heavy atom. The fraction of sp³-hybridized carbons (Fsp3) is 0.667. The predicted molar refractivity (Wildman–Crippen MR) is 67.7 cm³/mol. The number of hydrogen-bond acceptors (Lipinski definition) is 4. The second kappa shape index (κ2) is 5.65. The summed E-state index contributed by atoms with van der Waals surface area (Å²) < 4.78 is 5.59. The minimum atomic E-state index is 0.476. The van der Waals surface area contributed by atoms with E-state index in [0.29, 0.717) is 23.6 Å². The topological polar surface area (TPSA) is 38.2 Å². The van der Waals surface area contributed by atoms with Crippen LogP contribution in [-0.4, -0.2) is 42.1 Å². The lowest BCUT2D eigenvalue weighted by Crippen LogP contribution is -2.15. The van der Waals surface area contributed by atoms with Gasteiger partial charge in [0.1, 0.15) is 11.0 Å². The molecule has 94 valence electrons. The summed E-state index contributed by atoms with van der Waals surface area (Å²) in [6.45, 7) is 1.67. The second-order valence-electron chi connectivity index (χ2n) is 4.67. The summed E-state index contributed by atoms with van der Waals surface area (Å²) in [5.74, 6) is 1.93. The first-order valence-corrected chi connectivity index (χ1v) is 6.35. The SMILES string of the molecule is CN(C)CCCOc1cc(Cl)nc(C2CC2)n1. The molecule has 1 aromatic heterocycles. The van der Waals surface area contributed by atoms with Crippen molar-refractivity contribution in [3.63, 3.8) is 0 Å². The Labute approximate surface area is 107 Å². The van der Waals surface area contributed by atoms with Crippen molar-refractivity contribution in [2.75, 3.05) is 27.2 Å². The Morgan fingerprint density at radius 2 is 2.18 bits per heavy atom. The van der Waals surface area contributed by atoms with Crippen LogP contribution < -0.4 is 4.74 Å². The summed E-state index contributed by atoms with van der Waals surface area (Å²) >= 11 is 5.95. The zero-order chi connectivity index (χ0) is 12.3. The number of nitrogens with zero attached hydrogens (tertiary/aromatic N) is 3. The van der Waals surface area contributed by atoms with Gasteiger partial charge in [0, 0.05) is 18.5 Å². The van der Waals surface area contributed by atoms with Crippen LogP contribution in [0.1, 0.15) is 31.0 Å². The summed E-state index contributed by atoms with van der Waals surface area (Å²) in [5.41, 5.74) is 0. The van der Waals surface area contributed by atoms with Gasteiger partial charge in [-0.05, 0) is 33.4 Å². The van der Waals surface area contributed by atoms with Crippen molar-refractivity contribution < 1.29 is 4.74 Å². The van der Waals surface area contributed by atoms with Crippen LogP contribution in [0.2, 0.25) is 5.15 Å². The normalized spacial score (nSPS) is 15.3. The molecule has 2 rings (SSSR count). The van der Waals surface area contributed by atoms with Gasteiger partial charge in [0.15, 0.2) is 0 Å². The van der Waals surface area contributed by atoms with Crippen LogP contribution in [0.5, 0.6) is 5.88 Å². The molecule has 1 heterocycles. The van der Waals surface area contributed by atoms with Crippen molar-refractivity contribution in [3.8, 4) is 5.88 Å². The van der Waals surface area contributed by atoms with E-state index in [1.807, 2.05) is 14.1 Å². The van der Waals surface area contributed by atoms with Crippen LogP contribution in [0, 0.1) is 0 Å². The molecule has 5 heteroatoms. The Kier molecular flexibility index (Phi) is 4.18. The van der Waals surface area contributed by atoms with Crippen LogP contribution in [0.4, 0.5) is 0 Å². The number of aromatic nitrogens is 2. The standard InChI is InChI=1S/C12H18ClN3O/c1-16(2)6-3-7-17-11-8-10(13)14-12(15-11)9-4-5-9/h8-9H,3-7H2,1-2H3. The molecule has 17 heavy (non-hydrogen) atoms. The molecular weight excluding hydrogens is 238 g/mol. The highest BCUT2D eigenvalue weighted by Crippen LogP contribution is 2.38. The first-order chi connectivity index (χ1) is 8.15. The molecule has 1 aromatic rings. The molecule has 4 nitrogen and oxygen atoms in total. The van der Waals surface area contributed by atoms with Crippen molar-refractivity contribution in [2.45, 2.75) is 25.2 Å². The van der Waals surface area contributed by atoms with Crippen LogP contribution >= 0.6 is 11.6 Å². The van der Waals surface area contributed by atoms with E-state index < -0.39 is 0 Å². The maximum atomic E-state index is 5.95. The summed E-state index contributed by atoms with van der Waals surface area (Å²) in [5, 5.41) is 0.476. The monoisotopic (exact) mass is 255 g/mol. The van der Waals surface area contributed by atoms with Gasteiger partial charge in [-0.2, -0.15) is 4.98 Å². The number of ether oxygens (including phenoxy) is 1. The maximum Gasteiger partial charge on any atom is 0.218 e. The number of hydrogen-bond donors (Lipinski definition) is 0. The maximum absolute atomic E-state index is 5.95. The molecule has 0 saturated heterocycles. The minimum absolute atomic E-state index is 0.476. The highest BCUT2D eigenvalue weighted by molar-refractivity contribution is 6.29. The van der Waals surface area contributed by atoms with E-state index in [-0.39, 0.29) is 0 Å². The third-order valence-corrected chi connectivity index (χ3v) is 2.82. The molecule has 1 saturated carbocycles. The molecule has 1 fully saturated rings. The molecule has 0 spiro atoms. The lowest BCUT2D eigenvalue weighted by atomic mass is 10.4. The molecule has 1 aliphatic rings. The molecule has 0 unspecified atom stereocenters. The second-order valence-corrected chi connectivity index (χ2v) is 5.05. The van der Waals surface area contributed by atoms with Gasteiger partial charge in [0.25, 0.3) is 0 Å². The van der Waals surface area contributed by atoms with E-state index in [2.05, 4.69) is 14.9 Å². The van der Waals surface area contributed by atoms with Crippen molar-refractivity contribution in [1.29, 1.82) is 0 Å². The Morgan fingerprint density at radius 1 is 1.41 bits per heavy atom. The van der Waals surface area contributed by atoms with E-state index in [0.717, 1.165) is 18.8 Å². The zero-order valence-corrected chi connectivity index (χ0v) is 11.1. The lowest BCUT2D eigenvalue weighted by molar-refractivity contribution is 0.272. The Balaban J connectivity index is 1.87. The average Bonchev–Trinajstić information content (AvgIpc) is 3.07. The average molecular weight is 256 g/mol. The third kappa shape index (κ3) is 4.13. The highest BCUT2D eigenvalue weighted by atomic mass is 35.5. The molecule has 0 amide bonds. The van der Waals surface area contributed by atoms with Crippen LogP contribution in [0.15, 0.2) is 6.07 Å². The molecule has 1 aliphatic carbocycles. The van der Waals surface area contributed by atoms with E-state index in [1.165, 1.54) is 12.8 Å².